The average molecular weight is 414 g/mol. The largest absolute Gasteiger partial charge is 0.492 e. The monoisotopic (exact) mass is 413 g/mol. The number of nitrogens with zero attached hydrogens (tertiary/aromatic N) is 1. The van der Waals surface area contributed by atoms with Crippen LogP contribution in [0.15, 0.2) is 29.4 Å². The zero-order valence-electron chi connectivity index (χ0n) is 19.0. The molecule has 1 atom stereocenters. The van der Waals surface area contributed by atoms with Gasteiger partial charge < -0.3 is 14.2 Å². The number of hydrogen-bond acceptors (Lipinski definition) is 5. The third-order valence-corrected chi connectivity index (χ3v) is 5.98. The smallest absolute Gasteiger partial charge is 0.231 e. The Balaban J connectivity index is 1.66. The fourth-order valence-corrected chi connectivity index (χ4v) is 4.27. The summed E-state index contributed by atoms with van der Waals surface area (Å²) in [4.78, 5) is 15.1. The Kier molecular flexibility index (Phi) is 7.59. The number of methoxy groups -OCH3 is 1. The SMILES string of the molecule is COc1c2c(cc3c1[C@@H](CC(=O)CCC=C(C)CCC=C(C)C)N(C)CC3)OCO2. The van der Waals surface area contributed by atoms with Crippen molar-refractivity contribution < 1.29 is 19.0 Å². The first-order chi connectivity index (χ1) is 14.4. The Morgan fingerprint density at radius 1 is 1.20 bits per heavy atom. The van der Waals surface area contributed by atoms with E-state index in [0.29, 0.717) is 18.6 Å². The number of benzene rings is 1. The van der Waals surface area contributed by atoms with Gasteiger partial charge in [0.1, 0.15) is 5.78 Å². The van der Waals surface area contributed by atoms with E-state index in [4.69, 9.17) is 14.2 Å². The highest BCUT2D eigenvalue weighted by Crippen LogP contribution is 2.50. The van der Waals surface area contributed by atoms with Crippen LogP contribution in [0.3, 0.4) is 0 Å². The van der Waals surface area contributed by atoms with Gasteiger partial charge in [0.25, 0.3) is 0 Å². The van der Waals surface area contributed by atoms with Crippen molar-refractivity contribution >= 4 is 5.78 Å². The quantitative estimate of drug-likeness (QED) is 0.508. The van der Waals surface area contributed by atoms with E-state index in [-0.39, 0.29) is 18.6 Å². The molecular weight excluding hydrogens is 378 g/mol. The summed E-state index contributed by atoms with van der Waals surface area (Å²) in [5.41, 5.74) is 4.99. The van der Waals surface area contributed by atoms with Crippen LogP contribution >= 0.6 is 0 Å². The summed E-state index contributed by atoms with van der Waals surface area (Å²) < 4.78 is 16.9. The average Bonchev–Trinajstić information content (AvgIpc) is 3.16. The van der Waals surface area contributed by atoms with Crippen molar-refractivity contribution in [2.45, 2.75) is 65.3 Å². The van der Waals surface area contributed by atoms with E-state index < -0.39 is 0 Å². The number of allylic oxidation sites excluding steroid dienone is 4. The number of likely N-dealkylation sites (N-methyl/N-ethyl adjacent to an activating group) is 1. The molecule has 0 saturated carbocycles. The summed E-state index contributed by atoms with van der Waals surface area (Å²) in [6.07, 6.45) is 9.39. The molecule has 2 aliphatic rings. The van der Waals surface area contributed by atoms with Crippen molar-refractivity contribution in [2.75, 3.05) is 27.5 Å². The highest BCUT2D eigenvalue weighted by atomic mass is 16.7. The van der Waals surface area contributed by atoms with Crippen molar-refractivity contribution in [3.63, 3.8) is 0 Å². The summed E-state index contributed by atoms with van der Waals surface area (Å²) in [5, 5.41) is 0. The van der Waals surface area contributed by atoms with Gasteiger partial charge in [-0.25, -0.2) is 0 Å². The molecule has 0 bridgehead atoms. The van der Waals surface area contributed by atoms with Gasteiger partial charge in [0.15, 0.2) is 11.5 Å². The number of carbonyl (C=O) groups excluding carboxylic acids is 1. The van der Waals surface area contributed by atoms with Crippen molar-refractivity contribution in [2.24, 2.45) is 0 Å². The van der Waals surface area contributed by atoms with Gasteiger partial charge in [-0.1, -0.05) is 23.3 Å². The molecule has 0 aromatic heterocycles. The molecule has 0 saturated heterocycles. The van der Waals surface area contributed by atoms with Crippen molar-refractivity contribution in [1.29, 1.82) is 0 Å². The van der Waals surface area contributed by atoms with E-state index in [0.717, 1.165) is 49.3 Å². The summed E-state index contributed by atoms with van der Waals surface area (Å²) >= 11 is 0. The molecule has 0 N–H and O–H groups in total. The van der Waals surface area contributed by atoms with Crippen LogP contribution in [0, 0.1) is 0 Å². The molecule has 0 unspecified atom stereocenters. The van der Waals surface area contributed by atoms with E-state index >= 15 is 0 Å². The lowest BCUT2D eigenvalue weighted by Crippen LogP contribution is -2.34. The number of carbonyl (C=O) groups is 1. The molecule has 0 fully saturated rings. The molecule has 0 amide bonds. The number of rotatable bonds is 9. The minimum atomic E-state index is 0.00782. The van der Waals surface area contributed by atoms with Gasteiger partial charge in [-0.05, 0) is 65.1 Å². The molecular formula is C25H35NO4. The van der Waals surface area contributed by atoms with E-state index in [1.807, 2.05) is 0 Å². The van der Waals surface area contributed by atoms with Crippen LogP contribution in [-0.2, 0) is 11.2 Å². The standard InChI is InChI=1S/C25H35NO4/c1-17(2)8-6-9-18(3)10-7-11-20(27)15-21-23-19(12-13-26(21)4)14-22-24(25(23)28-5)30-16-29-22/h8,10,14,21H,6-7,9,11-13,15-16H2,1-5H3/t21-/m1/s1. The fraction of sp³-hybridized carbons (Fsp3) is 0.560. The minimum absolute atomic E-state index is 0.00782. The minimum Gasteiger partial charge on any atom is -0.492 e. The number of Topliss-reactive ketones (excluding diaryl/α,β-unsaturated/α-hetero) is 1. The Labute approximate surface area is 180 Å². The van der Waals surface area contributed by atoms with Gasteiger partial charge in [-0.3, -0.25) is 9.69 Å². The maximum atomic E-state index is 12.8. The first kappa shape index (κ1) is 22.4. The molecule has 0 spiro atoms. The summed E-state index contributed by atoms with van der Waals surface area (Å²) in [7, 11) is 3.74. The molecule has 5 heteroatoms. The molecule has 164 valence electrons. The normalized spacial score (nSPS) is 18.2. The molecule has 5 nitrogen and oxygen atoms in total. The van der Waals surface area contributed by atoms with E-state index in [9.17, 15) is 4.79 Å². The van der Waals surface area contributed by atoms with E-state index in [2.05, 4.69) is 50.9 Å². The number of ketones is 1. The van der Waals surface area contributed by atoms with Crippen molar-refractivity contribution in [3.05, 3.63) is 40.5 Å². The second-order valence-corrected chi connectivity index (χ2v) is 8.61. The number of hydrogen-bond donors (Lipinski definition) is 0. The third-order valence-electron chi connectivity index (χ3n) is 5.98. The van der Waals surface area contributed by atoms with Crippen molar-refractivity contribution in [3.8, 4) is 17.2 Å². The van der Waals surface area contributed by atoms with Gasteiger partial charge in [0.05, 0.1) is 7.11 Å². The highest BCUT2D eigenvalue weighted by Gasteiger charge is 2.34. The van der Waals surface area contributed by atoms with Gasteiger partial charge >= 0.3 is 0 Å². The second kappa shape index (κ2) is 10.2. The molecule has 1 aromatic rings. The highest BCUT2D eigenvalue weighted by molar-refractivity contribution is 5.80. The Hall–Kier alpha value is -2.27. The molecule has 3 rings (SSSR count). The van der Waals surface area contributed by atoms with Gasteiger partial charge in [0, 0.05) is 31.0 Å². The first-order valence-corrected chi connectivity index (χ1v) is 10.9. The predicted octanol–water partition coefficient (Wildman–Crippen LogP) is 5.39. The Morgan fingerprint density at radius 2 is 1.97 bits per heavy atom. The second-order valence-electron chi connectivity index (χ2n) is 8.61. The van der Waals surface area contributed by atoms with Crippen LogP contribution in [-0.4, -0.2) is 38.2 Å². The Bertz CT molecular complexity index is 836. The maximum Gasteiger partial charge on any atom is 0.231 e. The van der Waals surface area contributed by atoms with Crippen LogP contribution < -0.4 is 14.2 Å². The lowest BCUT2D eigenvalue weighted by atomic mass is 9.88. The molecule has 0 radical (unpaired) electrons. The Morgan fingerprint density at radius 3 is 2.70 bits per heavy atom. The molecule has 30 heavy (non-hydrogen) atoms. The predicted molar refractivity (Wildman–Crippen MR) is 119 cm³/mol. The van der Waals surface area contributed by atoms with E-state index in [1.165, 1.54) is 16.7 Å². The molecule has 1 aromatic carbocycles. The third kappa shape index (κ3) is 5.25. The van der Waals surface area contributed by atoms with E-state index in [1.54, 1.807) is 7.11 Å². The topological polar surface area (TPSA) is 48.0 Å². The maximum absolute atomic E-state index is 12.8. The first-order valence-electron chi connectivity index (χ1n) is 10.9. The van der Waals surface area contributed by atoms with Crippen molar-refractivity contribution in [1.82, 2.24) is 4.90 Å². The number of ether oxygens (including phenoxy) is 3. The summed E-state index contributed by atoms with van der Waals surface area (Å²) in [5.74, 6) is 2.42. The molecule has 2 aliphatic heterocycles. The van der Waals surface area contributed by atoms with Crippen LogP contribution in [0.1, 0.15) is 70.0 Å². The molecule has 0 aliphatic carbocycles. The summed E-state index contributed by atoms with van der Waals surface area (Å²) in [6.45, 7) is 7.54. The number of fused-ring (bicyclic) bond motifs is 2. The van der Waals surface area contributed by atoms with Crippen LogP contribution in [0.4, 0.5) is 0 Å². The lowest BCUT2D eigenvalue weighted by molar-refractivity contribution is -0.120. The van der Waals surface area contributed by atoms with Crippen LogP contribution in [0.25, 0.3) is 0 Å². The summed E-state index contributed by atoms with van der Waals surface area (Å²) in [6, 6.07) is 2.07. The fourth-order valence-electron chi connectivity index (χ4n) is 4.27. The lowest BCUT2D eigenvalue weighted by Gasteiger charge is -2.35. The zero-order valence-corrected chi connectivity index (χ0v) is 19.0. The van der Waals surface area contributed by atoms with Crippen LogP contribution in [0.2, 0.25) is 0 Å². The van der Waals surface area contributed by atoms with Gasteiger partial charge in [-0.2, -0.15) is 0 Å². The van der Waals surface area contributed by atoms with Gasteiger partial charge in [0.2, 0.25) is 12.5 Å². The zero-order chi connectivity index (χ0) is 21.7. The molecule has 2 heterocycles. The van der Waals surface area contributed by atoms with Gasteiger partial charge in [-0.15, -0.1) is 0 Å². The van der Waals surface area contributed by atoms with Crippen LogP contribution in [0.5, 0.6) is 17.2 Å².